The van der Waals surface area contributed by atoms with Gasteiger partial charge in [0.2, 0.25) is 5.88 Å². The van der Waals surface area contributed by atoms with Crippen LogP contribution in [0.15, 0.2) is 22.8 Å². The van der Waals surface area contributed by atoms with E-state index >= 15 is 0 Å². The average Bonchev–Trinajstić information content (AvgIpc) is 2.57. The predicted octanol–water partition coefficient (Wildman–Crippen LogP) is 2.01. The van der Waals surface area contributed by atoms with E-state index in [1.165, 1.54) is 0 Å². The van der Waals surface area contributed by atoms with Crippen molar-refractivity contribution in [3.63, 3.8) is 0 Å². The fourth-order valence-electron chi connectivity index (χ4n) is 1.23. The number of ether oxygens (including phenoxy) is 2. The van der Waals surface area contributed by atoms with Crippen LogP contribution >= 0.6 is 15.9 Å². The highest BCUT2D eigenvalue weighted by atomic mass is 79.9. The minimum absolute atomic E-state index is 0.168. The van der Waals surface area contributed by atoms with Crippen LogP contribution in [0.4, 0.5) is 0 Å². The molecule has 2 heterocycles. The van der Waals surface area contributed by atoms with Crippen molar-refractivity contribution in [2.75, 3.05) is 13.2 Å². The fourth-order valence-corrected chi connectivity index (χ4v) is 1.56. The van der Waals surface area contributed by atoms with Crippen LogP contribution in [0, 0.1) is 0 Å². The Kier molecular flexibility index (Phi) is 2.80. The molecule has 0 amide bonds. The van der Waals surface area contributed by atoms with Crippen molar-refractivity contribution in [1.29, 1.82) is 0 Å². The number of nitrogens with zero attached hydrogens (tertiary/aromatic N) is 1. The second-order valence-corrected chi connectivity index (χ2v) is 3.71. The summed E-state index contributed by atoms with van der Waals surface area (Å²) in [5, 5.41) is 0. The van der Waals surface area contributed by atoms with Crippen molar-refractivity contribution in [3.05, 3.63) is 22.8 Å². The van der Waals surface area contributed by atoms with Crippen molar-refractivity contribution in [3.8, 4) is 5.88 Å². The highest BCUT2D eigenvalue weighted by Gasteiger charge is 2.17. The zero-order valence-corrected chi connectivity index (χ0v) is 8.66. The highest BCUT2D eigenvalue weighted by molar-refractivity contribution is 9.10. The first-order valence-corrected chi connectivity index (χ1v) is 5.01. The molecule has 1 aliphatic heterocycles. The lowest BCUT2D eigenvalue weighted by atomic mass is 10.3. The Labute approximate surface area is 85.2 Å². The maximum absolute atomic E-state index is 5.59. The van der Waals surface area contributed by atoms with E-state index in [4.69, 9.17) is 9.47 Å². The Morgan fingerprint density at radius 1 is 1.54 bits per heavy atom. The van der Waals surface area contributed by atoms with E-state index in [0.29, 0.717) is 12.5 Å². The van der Waals surface area contributed by atoms with E-state index in [1.807, 2.05) is 18.2 Å². The smallest absolute Gasteiger partial charge is 0.214 e. The van der Waals surface area contributed by atoms with E-state index < -0.39 is 0 Å². The molecule has 1 saturated heterocycles. The van der Waals surface area contributed by atoms with Crippen LogP contribution in [0.25, 0.3) is 0 Å². The van der Waals surface area contributed by atoms with Gasteiger partial charge in [-0.1, -0.05) is 6.07 Å². The monoisotopic (exact) mass is 243 g/mol. The average molecular weight is 244 g/mol. The number of hydrogen-bond acceptors (Lipinski definition) is 3. The lowest BCUT2D eigenvalue weighted by Gasteiger charge is -2.10. The number of rotatable bonds is 2. The lowest BCUT2D eigenvalue weighted by Crippen LogP contribution is -2.16. The summed E-state index contributed by atoms with van der Waals surface area (Å²) in [6, 6.07) is 5.63. The largest absolute Gasteiger partial charge is 0.472 e. The van der Waals surface area contributed by atoms with Gasteiger partial charge in [-0.15, -0.1) is 0 Å². The number of pyridine rings is 1. The van der Waals surface area contributed by atoms with E-state index in [9.17, 15) is 0 Å². The van der Waals surface area contributed by atoms with Gasteiger partial charge in [0.15, 0.2) is 0 Å². The first-order valence-electron chi connectivity index (χ1n) is 4.21. The maximum Gasteiger partial charge on any atom is 0.214 e. The van der Waals surface area contributed by atoms with E-state index in [-0.39, 0.29) is 6.10 Å². The van der Waals surface area contributed by atoms with Crippen LogP contribution in [-0.4, -0.2) is 24.3 Å². The summed E-state index contributed by atoms with van der Waals surface area (Å²) in [4.78, 5) is 4.18. The standard InChI is InChI=1S/C9H10BrNO2/c10-8-2-1-3-9(11-8)13-7-4-5-12-6-7/h1-3,7H,4-6H2/t7-/m1/s1. The van der Waals surface area contributed by atoms with Crippen LogP contribution in [0.1, 0.15) is 6.42 Å². The Morgan fingerprint density at radius 2 is 2.46 bits per heavy atom. The molecule has 0 saturated carbocycles. The molecule has 1 aliphatic rings. The van der Waals surface area contributed by atoms with Gasteiger partial charge in [0, 0.05) is 12.5 Å². The summed E-state index contributed by atoms with van der Waals surface area (Å²) in [6.07, 6.45) is 1.12. The topological polar surface area (TPSA) is 31.4 Å². The van der Waals surface area contributed by atoms with Crippen molar-refractivity contribution < 1.29 is 9.47 Å². The molecule has 1 fully saturated rings. The second-order valence-electron chi connectivity index (χ2n) is 2.90. The lowest BCUT2D eigenvalue weighted by molar-refractivity contribution is 0.138. The van der Waals surface area contributed by atoms with E-state index in [2.05, 4.69) is 20.9 Å². The molecule has 70 valence electrons. The molecule has 1 atom stereocenters. The van der Waals surface area contributed by atoms with Crippen LogP contribution in [0.2, 0.25) is 0 Å². The summed E-state index contributed by atoms with van der Waals surface area (Å²) in [5.74, 6) is 0.657. The first-order chi connectivity index (χ1) is 6.34. The van der Waals surface area contributed by atoms with Gasteiger partial charge in [-0.3, -0.25) is 0 Å². The Bertz CT molecular complexity index is 287. The summed E-state index contributed by atoms with van der Waals surface area (Å²) in [7, 11) is 0. The minimum Gasteiger partial charge on any atom is -0.472 e. The normalized spacial score (nSPS) is 21.8. The van der Waals surface area contributed by atoms with Gasteiger partial charge in [0.1, 0.15) is 10.7 Å². The van der Waals surface area contributed by atoms with Crippen LogP contribution in [-0.2, 0) is 4.74 Å². The SMILES string of the molecule is Brc1cccc(O[C@@H]2CCOC2)n1. The molecule has 0 aliphatic carbocycles. The number of aromatic nitrogens is 1. The van der Waals surface area contributed by atoms with Crippen molar-refractivity contribution in [2.24, 2.45) is 0 Å². The number of halogens is 1. The van der Waals surface area contributed by atoms with Gasteiger partial charge in [-0.05, 0) is 22.0 Å². The molecule has 0 radical (unpaired) electrons. The van der Waals surface area contributed by atoms with Crippen LogP contribution in [0.3, 0.4) is 0 Å². The molecule has 2 rings (SSSR count). The molecule has 13 heavy (non-hydrogen) atoms. The molecule has 4 heteroatoms. The Balaban J connectivity index is 2.00. The maximum atomic E-state index is 5.59. The molecule has 0 unspecified atom stereocenters. The predicted molar refractivity (Wildman–Crippen MR) is 51.8 cm³/mol. The summed E-state index contributed by atoms with van der Waals surface area (Å²) in [5.41, 5.74) is 0. The third-order valence-corrected chi connectivity index (χ3v) is 2.31. The van der Waals surface area contributed by atoms with E-state index in [0.717, 1.165) is 17.6 Å². The highest BCUT2D eigenvalue weighted by Crippen LogP contribution is 2.16. The zero-order valence-electron chi connectivity index (χ0n) is 7.07. The fraction of sp³-hybridized carbons (Fsp3) is 0.444. The molecule has 1 aromatic heterocycles. The van der Waals surface area contributed by atoms with Gasteiger partial charge < -0.3 is 9.47 Å². The van der Waals surface area contributed by atoms with Crippen molar-refractivity contribution in [2.45, 2.75) is 12.5 Å². The third kappa shape index (κ3) is 2.42. The van der Waals surface area contributed by atoms with Gasteiger partial charge in [0.25, 0.3) is 0 Å². The Hall–Kier alpha value is -0.610. The van der Waals surface area contributed by atoms with Crippen LogP contribution < -0.4 is 4.74 Å². The third-order valence-electron chi connectivity index (χ3n) is 1.86. The molecule has 0 spiro atoms. The van der Waals surface area contributed by atoms with E-state index in [1.54, 1.807) is 0 Å². The van der Waals surface area contributed by atoms with Crippen molar-refractivity contribution >= 4 is 15.9 Å². The first kappa shape index (κ1) is 8.97. The van der Waals surface area contributed by atoms with Gasteiger partial charge >= 0.3 is 0 Å². The van der Waals surface area contributed by atoms with Gasteiger partial charge in [-0.2, -0.15) is 0 Å². The quantitative estimate of drug-likeness (QED) is 0.745. The summed E-state index contributed by atoms with van der Waals surface area (Å²) >= 11 is 3.29. The molecular weight excluding hydrogens is 234 g/mol. The molecule has 3 nitrogen and oxygen atoms in total. The molecular formula is C9H10BrNO2. The minimum atomic E-state index is 0.168. The number of hydrogen-bond donors (Lipinski definition) is 0. The Morgan fingerprint density at radius 3 is 3.15 bits per heavy atom. The molecule has 0 aromatic carbocycles. The van der Waals surface area contributed by atoms with Crippen LogP contribution in [0.5, 0.6) is 5.88 Å². The molecule has 0 N–H and O–H groups in total. The van der Waals surface area contributed by atoms with Crippen molar-refractivity contribution in [1.82, 2.24) is 4.98 Å². The zero-order chi connectivity index (χ0) is 9.10. The summed E-state index contributed by atoms with van der Waals surface area (Å²) in [6.45, 7) is 1.47. The molecule has 0 bridgehead atoms. The molecule has 1 aromatic rings. The van der Waals surface area contributed by atoms with Gasteiger partial charge in [0.05, 0.1) is 13.2 Å². The summed E-state index contributed by atoms with van der Waals surface area (Å²) < 4.78 is 11.6. The second kappa shape index (κ2) is 4.07. The van der Waals surface area contributed by atoms with Gasteiger partial charge in [-0.25, -0.2) is 4.98 Å².